The van der Waals surface area contributed by atoms with Gasteiger partial charge in [-0.2, -0.15) is 0 Å². The van der Waals surface area contributed by atoms with Gasteiger partial charge in [-0.05, 0) is 69.1 Å². The van der Waals surface area contributed by atoms with E-state index < -0.39 is 0 Å². The lowest BCUT2D eigenvalue weighted by atomic mass is 9.83. The van der Waals surface area contributed by atoms with Gasteiger partial charge >= 0.3 is 0 Å². The third-order valence-electron chi connectivity index (χ3n) is 5.23. The van der Waals surface area contributed by atoms with Crippen LogP contribution in [0.15, 0.2) is 0 Å². The first-order valence-electron chi connectivity index (χ1n) is 8.13. The fraction of sp³-hybridized carbons (Fsp3) is 1.00. The second-order valence-corrected chi connectivity index (χ2v) is 6.87. The fourth-order valence-corrected chi connectivity index (χ4v) is 3.87. The SMILES string of the molecule is CCCC1CCC(NC(C2CC2)C2CC2)CC1. The normalized spacial score (nSPS) is 34.2. The fourth-order valence-electron chi connectivity index (χ4n) is 3.87. The summed E-state index contributed by atoms with van der Waals surface area (Å²) in [6.07, 6.45) is 14.8. The van der Waals surface area contributed by atoms with Crippen LogP contribution in [0.5, 0.6) is 0 Å². The first-order valence-corrected chi connectivity index (χ1v) is 8.13. The maximum Gasteiger partial charge on any atom is 0.0126 e. The Morgan fingerprint density at radius 3 is 1.94 bits per heavy atom. The number of hydrogen-bond donors (Lipinski definition) is 1. The molecule has 17 heavy (non-hydrogen) atoms. The molecule has 3 rings (SSSR count). The lowest BCUT2D eigenvalue weighted by molar-refractivity contribution is 0.247. The molecular formula is C16H29N. The monoisotopic (exact) mass is 235 g/mol. The minimum Gasteiger partial charge on any atom is -0.311 e. The summed E-state index contributed by atoms with van der Waals surface area (Å²) in [5.41, 5.74) is 0. The van der Waals surface area contributed by atoms with Crippen LogP contribution in [0.1, 0.15) is 71.1 Å². The van der Waals surface area contributed by atoms with Crippen molar-refractivity contribution in [3.05, 3.63) is 0 Å². The molecule has 1 N–H and O–H groups in total. The van der Waals surface area contributed by atoms with Gasteiger partial charge in [0, 0.05) is 12.1 Å². The highest BCUT2D eigenvalue weighted by Crippen LogP contribution is 2.45. The summed E-state index contributed by atoms with van der Waals surface area (Å²) in [4.78, 5) is 0. The van der Waals surface area contributed by atoms with E-state index >= 15 is 0 Å². The van der Waals surface area contributed by atoms with Crippen molar-refractivity contribution in [1.82, 2.24) is 5.32 Å². The van der Waals surface area contributed by atoms with Crippen molar-refractivity contribution in [3.63, 3.8) is 0 Å². The van der Waals surface area contributed by atoms with Crippen LogP contribution in [-0.4, -0.2) is 12.1 Å². The van der Waals surface area contributed by atoms with Gasteiger partial charge in [0.15, 0.2) is 0 Å². The Morgan fingerprint density at radius 2 is 1.47 bits per heavy atom. The number of rotatable bonds is 6. The maximum absolute atomic E-state index is 4.04. The molecule has 0 unspecified atom stereocenters. The molecule has 0 aromatic carbocycles. The molecule has 0 bridgehead atoms. The van der Waals surface area contributed by atoms with Crippen LogP contribution < -0.4 is 5.32 Å². The van der Waals surface area contributed by atoms with Crippen LogP contribution in [-0.2, 0) is 0 Å². The summed E-state index contributed by atoms with van der Waals surface area (Å²) < 4.78 is 0. The van der Waals surface area contributed by atoms with E-state index in [0.29, 0.717) is 0 Å². The van der Waals surface area contributed by atoms with Crippen molar-refractivity contribution < 1.29 is 0 Å². The Balaban J connectivity index is 1.43. The Bertz CT molecular complexity index is 222. The highest BCUT2D eigenvalue weighted by Gasteiger charge is 2.42. The van der Waals surface area contributed by atoms with E-state index in [1.165, 1.54) is 64.2 Å². The smallest absolute Gasteiger partial charge is 0.0126 e. The van der Waals surface area contributed by atoms with Crippen molar-refractivity contribution in [2.45, 2.75) is 83.2 Å². The first kappa shape index (κ1) is 12.0. The third-order valence-corrected chi connectivity index (χ3v) is 5.23. The van der Waals surface area contributed by atoms with Gasteiger partial charge in [-0.1, -0.05) is 19.8 Å². The molecule has 0 spiro atoms. The molecule has 0 saturated heterocycles. The molecule has 0 atom stereocenters. The Morgan fingerprint density at radius 1 is 0.882 bits per heavy atom. The van der Waals surface area contributed by atoms with E-state index in [2.05, 4.69) is 12.2 Å². The van der Waals surface area contributed by atoms with Gasteiger partial charge in [0.05, 0.1) is 0 Å². The summed E-state index contributed by atoms with van der Waals surface area (Å²) in [7, 11) is 0. The molecule has 0 heterocycles. The molecule has 3 aliphatic carbocycles. The highest BCUT2D eigenvalue weighted by atomic mass is 15.0. The quantitative estimate of drug-likeness (QED) is 0.730. The summed E-state index contributed by atoms with van der Waals surface area (Å²) in [6.45, 7) is 2.33. The van der Waals surface area contributed by atoms with Gasteiger partial charge in [-0.25, -0.2) is 0 Å². The molecule has 1 nitrogen and oxygen atoms in total. The minimum absolute atomic E-state index is 0.870. The topological polar surface area (TPSA) is 12.0 Å². The largest absolute Gasteiger partial charge is 0.311 e. The van der Waals surface area contributed by atoms with Crippen molar-refractivity contribution in [2.75, 3.05) is 0 Å². The van der Waals surface area contributed by atoms with Crippen LogP contribution in [0, 0.1) is 17.8 Å². The van der Waals surface area contributed by atoms with E-state index in [-0.39, 0.29) is 0 Å². The lowest BCUT2D eigenvalue weighted by Gasteiger charge is -2.32. The molecule has 0 radical (unpaired) electrons. The molecular weight excluding hydrogens is 206 g/mol. The average Bonchev–Trinajstić information content (AvgIpc) is 3.21. The van der Waals surface area contributed by atoms with Crippen LogP contribution in [0.4, 0.5) is 0 Å². The van der Waals surface area contributed by atoms with Gasteiger partial charge in [0.25, 0.3) is 0 Å². The van der Waals surface area contributed by atoms with E-state index in [1.807, 2.05) is 0 Å². The minimum atomic E-state index is 0.870. The molecule has 0 aromatic heterocycles. The molecule has 98 valence electrons. The zero-order valence-electron chi connectivity index (χ0n) is 11.5. The molecule has 1 heteroatoms. The predicted octanol–water partition coefficient (Wildman–Crippen LogP) is 4.12. The molecule has 3 aliphatic rings. The van der Waals surface area contributed by atoms with E-state index in [0.717, 1.165) is 29.8 Å². The van der Waals surface area contributed by atoms with E-state index in [1.54, 1.807) is 0 Å². The summed E-state index contributed by atoms with van der Waals surface area (Å²) >= 11 is 0. The van der Waals surface area contributed by atoms with Gasteiger partial charge in [-0.3, -0.25) is 0 Å². The standard InChI is InChI=1S/C16H29N/c1-2-3-12-4-10-15(11-5-12)17-16(13-6-7-13)14-8-9-14/h12-17H,2-11H2,1H3. The summed E-state index contributed by atoms with van der Waals surface area (Å²) in [5, 5.41) is 4.04. The molecule has 3 fully saturated rings. The zero-order chi connectivity index (χ0) is 11.7. The number of nitrogens with one attached hydrogen (secondary N) is 1. The van der Waals surface area contributed by atoms with Crippen molar-refractivity contribution in [2.24, 2.45) is 17.8 Å². The van der Waals surface area contributed by atoms with Gasteiger partial charge in [0.1, 0.15) is 0 Å². The average molecular weight is 235 g/mol. The van der Waals surface area contributed by atoms with Crippen molar-refractivity contribution in [3.8, 4) is 0 Å². The first-order chi connectivity index (χ1) is 8.36. The highest BCUT2D eigenvalue weighted by molar-refractivity contribution is 4.98. The van der Waals surface area contributed by atoms with Crippen molar-refractivity contribution >= 4 is 0 Å². The second-order valence-electron chi connectivity index (χ2n) is 6.87. The van der Waals surface area contributed by atoms with Crippen LogP contribution in [0.2, 0.25) is 0 Å². The van der Waals surface area contributed by atoms with Crippen LogP contribution >= 0.6 is 0 Å². The van der Waals surface area contributed by atoms with Gasteiger partial charge in [-0.15, -0.1) is 0 Å². The molecule has 3 saturated carbocycles. The molecule has 0 aliphatic heterocycles. The zero-order valence-corrected chi connectivity index (χ0v) is 11.5. The second kappa shape index (κ2) is 5.30. The predicted molar refractivity (Wildman–Crippen MR) is 73.0 cm³/mol. The Hall–Kier alpha value is -0.0400. The third kappa shape index (κ3) is 3.24. The van der Waals surface area contributed by atoms with E-state index in [9.17, 15) is 0 Å². The van der Waals surface area contributed by atoms with Crippen molar-refractivity contribution in [1.29, 1.82) is 0 Å². The Kier molecular flexibility index (Phi) is 3.75. The Labute approximate surface area is 107 Å². The van der Waals surface area contributed by atoms with E-state index in [4.69, 9.17) is 0 Å². The lowest BCUT2D eigenvalue weighted by Crippen LogP contribution is -2.43. The molecule has 0 amide bonds. The van der Waals surface area contributed by atoms with Gasteiger partial charge < -0.3 is 5.32 Å². The van der Waals surface area contributed by atoms with Crippen LogP contribution in [0.25, 0.3) is 0 Å². The van der Waals surface area contributed by atoms with Gasteiger partial charge in [0.2, 0.25) is 0 Å². The summed E-state index contributed by atoms with van der Waals surface area (Å²) in [5.74, 6) is 3.19. The molecule has 0 aromatic rings. The number of hydrogen-bond acceptors (Lipinski definition) is 1. The summed E-state index contributed by atoms with van der Waals surface area (Å²) in [6, 6.07) is 1.79. The van der Waals surface area contributed by atoms with Crippen LogP contribution in [0.3, 0.4) is 0 Å². The maximum atomic E-state index is 4.04.